The molecule has 3 rings (SSSR count). The van der Waals surface area contributed by atoms with Crippen LogP contribution in [-0.2, 0) is 7.05 Å². The summed E-state index contributed by atoms with van der Waals surface area (Å²) in [6, 6.07) is 5.42. The second-order valence-electron chi connectivity index (χ2n) is 8.44. The minimum atomic E-state index is -0.0783. The van der Waals surface area contributed by atoms with Crippen LogP contribution >= 0.6 is 0 Å². The van der Waals surface area contributed by atoms with Crippen molar-refractivity contribution in [2.75, 3.05) is 52.5 Å². The molecule has 2 heterocycles. The number of benzene rings is 1. The van der Waals surface area contributed by atoms with Gasteiger partial charge in [0.15, 0.2) is 17.3 Å². The van der Waals surface area contributed by atoms with Gasteiger partial charge in [0.25, 0.3) is 5.91 Å². The molecular weight excluding hydrogens is 434 g/mol. The van der Waals surface area contributed by atoms with E-state index < -0.39 is 0 Å². The molecule has 0 saturated carbocycles. The van der Waals surface area contributed by atoms with Crippen molar-refractivity contribution < 1.29 is 23.8 Å². The number of hydrogen-bond acceptors (Lipinski definition) is 6. The number of carbonyl (C=O) groups excluding carboxylic acids is 2. The van der Waals surface area contributed by atoms with Gasteiger partial charge in [0, 0.05) is 55.7 Å². The summed E-state index contributed by atoms with van der Waals surface area (Å²) in [6.45, 7) is 13.8. The molecule has 1 saturated heterocycles. The Morgan fingerprint density at radius 3 is 1.88 bits per heavy atom. The number of Topliss-reactive ketones (excluding diaryl/α,β-unsaturated/α-hetero) is 1. The van der Waals surface area contributed by atoms with E-state index in [2.05, 4.69) is 4.90 Å². The highest BCUT2D eigenvalue weighted by Crippen LogP contribution is 2.39. The third-order valence-electron chi connectivity index (χ3n) is 6.26. The van der Waals surface area contributed by atoms with Crippen molar-refractivity contribution in [2.24, 2.45) is 7.05 Å². The molecule has 1 aromatic heterocycles. The van der Waals surface area contributed by atoms with E-state index in [1.807, 2.05) is 57.2 Å². The number of piperazine rings is 1. The third kappa shape index (κ3) is 5.55. The summed E-state index contributed by atoms with van der Waals surface area (Å²) in [6.07, 6.45) is 0. The van der Waals surface area contributed by atoms with Gasteiger partial charge in [-0.25, -0.2) is 0 Å². The smallest absolute Gasteiger partial charge is 0.254 e. The minimum absolute atomic E-state index is 0.0783. The topological polar surface area (TPSA) is 73.2 Å². The Kier molecular flexibility index (Phi) is 8.61. The number of aromatic nitrogens is 1. The van der Waals surface area contributed by atoms with E-state index in [1.54, 1.807) is 12.1 Å². The van der Waals surface area contributed by atoms with Crippen LogP contribution < -0.4 is 14.2 Å². The first-order valence-electron chi connectivity index (χ1n) is 12.0. The zero-order valence-electron chi connectivity index (χ0n) is 21.3. The lowest BCUT2D eigenvalue weighted by Gasteiger charge is -2.34. The standard InChI is InChI=1S/C26H37N3O5/c1-7-32-23-15-20(16-24(33-8-2)25(23)34-9-3)26(31)29-12-10-28(11-13-29)17-22(30)21-14-18(4)27(6)19(21)5/h14-16H,7-13,17H2,1-6H3. The van der Waals surface area contributed by atoms with Crippen LogP contribution in [0.2, 0.25) is 0 Å². The number of amides is 1. The molecule has 8 heteroatoms. The number of nitrogens with zero attached hydrogens (tertiary/aromatic N) is 3. The monoisotopic (exact) mass is 471 g/mol. The number of rotatable bonds is 10. The second-order valence-corrected chi connectivity index (χ2v) is 8.44. The number of ether oxygens (including phenoxy) is 3. The molecule has 0 radical (unpaired) electrons. The maximum absolute atomic E-state index is 13.3. The molecule has 2 aromatic rings. The molecule has 1 amide bonds. The van der Waals surface area contributed by atoms with Crippen LogP contribution in [0.3, 0.4) is 0 Å². The SMILES string of the molecule is CCOc1cc(C(=O)N2CCN(CC(=O)c3cc(C)n(C)c3C)CC2)cc(OCC)c1OCC. The number of aryl methyl sites for hydroxylation is 1. The molecule has 34 heavy (non-hydrogen) atoms. The summed E-state index contributed by atoms with van der Waals surface area (Å²) in [7, 11) is 1.97. The quantitative estimate of drug-likeness (QED) is 0.494. The van der Waals surface area contributed by atoms with E-state index in [0.717, 1.165) is 17.0 Å². The first-order valence-corrected chi connectivity index (χ1v) is 12.0. The molecule has 1 aliphatic heterocycles. The van der Waals surface area contributed by atoms with E-state index >= 15 is 0 Å². The molecule has 0 unspecified atom stereocenters. The predicted molar refractivity (Wildman–Crippen MR) is 132 cm³/mol. The van der Waals surface area contributed by atoms with E-state index in [4.69, 9.17) is 14.2 Å². The summed E-state index contributed by atoms with van der Waals surface area (Å²) < 4.78 is 19.3. The van der Waals surface area contributed by atoms with Crippen molar-refractivity contribution in [1.82, 2.24) is 14.4 Å². The van der Waals surface area contributed by atoms with Crippen LogP contribution in [0.25, 0.3) is 0 Å². The number of carbonyl (C=O) groups is 2. The van der Waals surface area contributed by atoms with Gasteiger partial charge in [0.2, 0.25) is 5.75 Å². The van der Waals surface area contributed by atoms with Gasteiger partial charge in [-0.3, -0.25) is 14.5 Å². The molecule has 1 fully saturated rings. The van der Waals surface area contributed by atoms with Crippen LogP contribution in [0, 0.1) is 13.8 Å². The molecule has 1 aromatic carbocycles. The van der Waals surface area contributed by atoms with Crippen LogP contribution in [0.15, 0.2) is 18.2 Å². The summed E-state index contributed by atoms with van der Waals surface area (Å²) in [5, 5.41) is 0. The molecule has 186 valence electrons. The average molecular weight is 472 g/mol. The first kappa shape index (κ1) is 25.6. The van der Waals surface area contributed by atoms with E-state index in [1.165, 1.54) is 0 Å². The largest absolute Gasteiger partial charge is 0.490 e. The Morgan fingerprint density at radius 1 is 0.853 bits per heavy atom. The van der Waals surface area contributed by atoms with Gasteiger partial charge in [-0.05, 0) is 52.8 Å². The molecular formula is C26H37N3O5. The maximum Gasteiger partial charge on any atom is 0.254 e. The van der Waals surface area contributed by atoms with Gasteiger partial charge >= 0.3 is 0 Å². The molecule has 0 bridgehead atoms. The Morgan fingerprint density at radius 2 is 1.41 bits per heavy atom. The molecule has 1 aliphatic rings. The summed E-state index contributed by atoms with van der Waals surface area (Å²) in [5.41, 5.74) is 3.35. The highest BCUT2D eigenvalue weighted by atomic mass is 16.5. The fourth-order valence-corrected chi connectivity index (χ4v) is 4.23. The fraction of sp³-hybridized carbons (Fsp3) is 0.538. The van der Waals surface area contributed by atoms with Crippen molar-refractivity contribution in [1.29, 1.82) is 0 Å². The second kappa shape index (κ2) is 11.4. The predicted octanol–water partition coefficient (Wildman–Crippen LogP) is 3.48. The lowest BCUT2D eigenvalue weighted by atomic mass is 10.1. The van der Waals surface area contributed by atoms with E-state index in [9.17, 15) is 9.59 Å². The zero-order valence-corrected chi connectivity index (χ0v) is 21.3. The Labute approximate surface area is 202 Å². The average Bonchev–Trinajstić information content (AvgIpc) is 3.08. The molecule has 0 aliphatic carbocycles. The lowest BCUT2D eigenvalue weighted by Crippen LogP contribution is -2.49. The Balaban J connectivity index is 1.68. The molecule has 8 nitrogen and oxygen atoms in total. The number of hydrogen-bond donors (Lipinski definition) is 0. The third-order valence-corrected chi connectivity index (χ3v) is 6.26. The van der Waals surface area contributed by atoms with E-state index in [0.29, 0.717) is 75.4 Å². The van der Waals surface area contributed by atoms with Crippen molar-refractivity contribution >= 4 is 11.7 Å². The van der Waals surface area contributed by atoms with Gasteiger partial charge in [-0.2, -0.15) is 0 Å². The van der Waals surface area contributed by atoms with Crippen LogP contribution in [-0.4, -0.2) is 78.6 Å². The summed E-state index contributed by atoms with van der Waals surface area (Å²) in [4.78, 5) is 30.1. The molecule has 0 atom stereocenters. The van der Waals surface area contributed by atoms with Gasteiger partial charge in [-0.1, -0.05) is 0 Å². The summed E-state index contributed by atoms with van der Waals surface area (Å²) >= 11 is 0. The van der Waals surface area contributed by atoms with Crippen molar-refractivity contribution in [2.45, 2.75) is 34.6 Å². The van der Waals surface area contributed by atoms with Gasteiger partial charge < -0.3 is 23.7 Å². The normalized spacial score (nSPS) is 14.2. The highest BCUT2D eigenvalue weighted by Gasteiger charge is 2.26. The maximum atomic E-state index is 13.3. The molecule has 0 spiro atoms. The number of ketones is 1. The van der Waals surface area contributed by atoms with Crippen LogP contribution in [0.5, 0.6) is 17.2 Å². The molecule has 0 N–H and O–H groups in total. The fourth-order valence-electron chi connectivity index (χ4n) is 4.23. The van der Waals surface area contributed by atoms with E-state index in [-0.39, 0.29) is 11.7 Å². The van der Waals surface area contributed by atoms with Gasteiger partial charge in [0.05, 0.1) is 26.4 Å². The van der Waals surface area contributed by atoms with Gasteiger partial charge in [0.1, 0.15) is 0 Å². The van der Waals surface area contributed by atoms with Gasteiger partial charge in [-0.15, -0.1) is 0 Å². The van der Waals surface area contributed by atoms with Crippen molar-refractivity contribution in [3.05, 3.63) is 40.7 Å². The zero-order chi connectivity index (χ0) is 24.8. The van der Waals surface area contributed by atoms with Crippen molar-refractivity contribution in [3.8, 4) is 17.2 Å². The van der Waals surface area contributed by atoms with Crippen molar-refractivity contribution in [3.63, 3.8) is 0 Å². The first-order chi connectivity index (χ1) is 16.3. The van der Waals surface area contributed by atoms with Crippen LogP contribution in [0.4, 0.5) is 0 Å². The Bertz CT molecular complexity index is 995. The van der Waals surface area contributed by atoms with Crippen LogP contribution in [0.1, 0.15) is 52.9 Å². The lowest BCUT2D eigenvalue weighted by molar-refractivity contribution is 0.0623. The minimum Gasteiger partial charge on any atom is -0.490 e. The summed E-state index contributed by atoms with van der Waals surface area (Å²) in [5.74, 6) is 1.59. The highest BCUT2D eigenvalue weighted by molar-refractivity contribution is 5.99. The Hall–Kier alpha value is -3.00.